The van der Waals surface area contributed by atoms with Crippen molar-refractivity contribution in [2.45, 2.75) is 89.0 Å². The highest BCUT2D eigenvalue weighted by atomic mass is 16.5. The highest BCUT2D eigenvalue weighted by molar-refractivity contribution is 4.95. The predicted octanol–water partition coefficient (Wildman–Crippen LogP) is 2.62. The Morgan fingerprint density at radius 3 is 2.56 bits per heavy atom. The summed E-state index contributed by atoms with van der Waals surface area (Å²) in [5.74, 6) is 0. The van der Waals surface area contributed by atoms with Gasteiger partial charge in [-0.15, -0.1) is 0 Å². The molecule has 18 heavy (non-hydrogen) atoms. The minimum Gasteiger partial charge on any atom is -0.392 e. The third-order valence-corrected chi connectivity index (χ3v) is 4.88. The van der Waals surface area contributed by atoms with E-state index in [4.69, 9.17) is 4.74 Å². The molecule has 0 aromatic carbocycles. The zero-order chi connectivity index (χ0) is 13.2. The molecule has 3 nitrogen and oxygen atoms in total. The normalized spacial score (nSPS) is 30.3. The van der Waals surface area contributed by atoms with Crippen LogP contribution in [0.2, 0.25) is 0 Å². The highest BCUT2D eigenvalue weighted by Crippen LogP contribution is 2.38. The minimum absolute atomic E-state index is 0.142. The second-order valence-corrected chi connectivity index (χ2v) is 6.82. The van der Waals surface area contributed by atoms with Gasteiger partial charge >= 0.3 is 0 Å². The second kappa shape index (κ2) is 5.48. The molecular formula is C15H29NO2. The van der Waals surface area contributed by atoms with Crippen molar-refractivity contribution in [3.05, 3.63) is 0 Å². The summed E-state index contributed by atoms with van der Waals surface area (Å²) in [6.45, 7) is 6.90. The van der Waals surface area contributed by atoms with Gasteiger partial charge in [0, 0.05) is 18.2 Å². The van der Waals surface area contributed by atoms with Gasteiger partial charge in [-0.05, 0) is 46.5 Å². The zero-order valence-corrected chi connectivity index (χ0v) is 12.2. The first-order valence-corrected chi connectivity index (χ1v) is 7.53. The van der Waals surface area contributed by atoms with E-state index in [-0.39, 0.29) is 17.2 Å². The molecule has 0 aromatic heterocycles. The van der Waals surface area contributed by atoms with E-state index in [1.807, 2.05) is 6.92 Å². The Bertz CT molecular complexity index is 264. The van der Waals surface area contributed by atoms with E-state index in [1.54, 1.807) is 0 Å². The number of hydrogen-bond acceptors (Lipinski definition) is 3. The smallest absolute Gasteiger partial charge is 0.0697 e. The Kier molecular flexibility index (Phi) is 4.35. The molecule has 1 heterocycles. The maximum absolute atomic E-state index is 9.82. The quantitative estimate of drug-likeness (QED) is 0.814. The molecule has 0 bridgehead atoms. The molecular weight excluding hydrogens is 226 g/mol. The van der Waals surface area contributed by atoms with Crippen molar-refractivity contribution in [3.8, 4) is 0 Å². The highest BCUT2D eigenvalue weighted by Gasteiger charge is 2.40. The molecule has 2 fully saturated rings. The number of rotatable bonds is 3. The summed E-state index contributed by atoms with van der Waals surface area (Å²) >= 11 is 0. The largest absolute Gasteiger partial charge is 0.392 e. The van der Waals surface area contributed by atoms with E-state index in [0.717, 1.165) is 19.4 Å². The van der Waals surface area contributed by atoms with Crippen molar-refractivity contribution in [3.63, 3.8) is 0 Å². The molecule has 2 rings (SSSR count). The Morgan fingerprint density at radius 2 is 1.94 bits per heavy atom. The van der Waals surface area contributed by atoms with Crippen molar-refractivity contribution >= 4 is 0 Å². The van der Waals surface area contributed by atoms with E-state index in [9.17, 15) is 5.11 Å². The fourth-order valence-electron chi connectivity index (χ4n) is 3.34. The Morgan fingerprint density at radius 1 is 1.28 bits per heavy atom. The van der Waals surface area contributed by atoms with Gasteiger partial charge in [-0.1, -0.05) is 19.3 Å². The average molecular weight is 255 g/mol. The van der Waals surface area contributed by atoms with Crippen molar-refractivity contribution < 1.29 is 9.84 Å². The molecule has 2 atom stereocenters. The standard InChI is InChI=1S/C15H29NO2/c1-12(17)14(2,3)16-13-7-10-18-15(11-13)8-5-4-6-9-15/h12-13,16-17H,4-11H2,1-3H3. The van der Waals surface area contributed by atoms with Crippen LogP contribution in [0, 0.1) is 0 Å². The summed E-state index contributed by atoms with van der Waals surface area (Å²) in [4.78, 5) is 0. The van der Waals surface area contributed by atoms with Crippen molar-refractivity contribution in [1.29, 1.82) is 0 Å². The van der Waals surface area contributed by atoms with Crippen LogP contribution in [0.5, 0.6) is 0 Å². The van der Waals surface area contributed by atoms with Crippen molar-refractivity contribution in [2.75, 3.05) is 6.61 Å². The third kappa shape index (κ3) is 3.25. The molecule has 0 amide bonds. The van der Waals surface area contributed by atoms with Gasteiger partial charge in [-0.25, -0.2) is 0 Å². The van der Waals surface area contributed by atoms with Gasteiger partial charge in [0.15, 0.2) is 0 Å². The minimum atomic E-state index is -0.331. The van der Waals surface area contributed by atoms with E-state index in [2.05, 4.69) is 19.2 Å². The Hall–Kier alpha value is -0.120. The number of ether oxygens (including phenoxy) is 1. The first-order valence-electron chi connectivity index (χ1n) is 7.53. The lowest BCUT2D eigenvalue weighted by Crippen LogP contribution is -2.57. The fourth-order valence-corrected chi connectivity index (χ4v) is 3.34. The van der Waals surface area contributed by atoms with Gasteiger partial charge in [0.05, 0.1) is 11.7 Å². The summed E-state index contributed by atoms with van der Waals surface area (Å²) in [5.41, 5.74) is -0.0686. The van der Waals surface area contributed by atoms with E-state index < -0.39 is 0 Å². The Labute approximate surface area is 111 Å². The zero-order valence-electron chi connectivity index (χ0n) is 12.2. The molecule has 1 saturated heterocycles. The summed E-state index contributed by atoms with van der Waals surface area (Å²) in [7, 11) is 0. The van der Waals surface area contributed by atoms with E-state index >= 15 is 0 Å². The van der Waals surface area contributed by atoms with E-state index in [1.165, 1.54) is 32.1 Å². The van der Waals surface area contributed by atoms with Crippen LogP contribution in [0.4, 0.5) is 0 Å². The lowest BCUT2D eigenvalue weighted by atomic mass is 9.77. The number of hydrogen-bond donors (Lipinski definition) is 2. The molecule has 106 valence electrons. The van der Waals surface area contributed by atoms with Crippen LogP contribution >= 0.6 is 0 Å². The third-order valence-electron chi connectivity index (χ3n) is 4.88. The SMILES string of the molecule is CC(O)C(C)(C)NC1CCOC2(CCCCC2)C1. The molecule has 3 heteroatoms. The van der Waals surface area contributed by atoms with Crippen LogP contribution in [0.1, 0.15) is 65.7 Å². The summed E-state index contributed by atoms with van der Waals surface area (Å²) in [6.07, 6.45) is 8.28. The number of aliphatic hydroxyl groups excluding tert-OH is 1. The topological polar surface area (TPSA) is 41.5 Å². The Balaban J connectivity index is 1.94. The van der Waals surface area contributed by atoms with Gasteiger partial charge in [0.1, 0.15) is 0 Å². The molecule has 2 aliphatic rings. The van der Waals surface area contributed by atoms with Crippen LogP contribution in [-0.2, 0) is 4.74 Å². The number of nitrogens with one attached hydrogen (secondary N) is 1. The molecule has 1 saturated carbocycles. The summed E-state index contributed by atoms with van der Waals surface area (Å²) < 4.78 is 6.11. The predicted molar refractivity (Wildman–Crippen MR) is 73.7 cm³/mol. The lowest BCUT2D eigenvalue weighted by Gasteiger charge is -2.46. The van der Waals surface area contributed by atoms with Crippen LogP contribution in [0.3, 0.4) is 0 Å². The lowest BCUT2D eigenvalue weighted by molar-refractivity contribution is -0.113. The van der Waals surface area contributed by atoms with Gasteiger partial charge in [0.2, 0.25) is 0 Å². The van der Waals surface area contributed by atoms with Gasteiger partial charge in [0.25, 0.3) is 0 Å². The van der Waals surface area contributed by atoms with Crippen LogP contribution in [0.15, 0.2) is 0 Å². The first-order chi connectivity index (χ1) is 8.44. The molecule has 0 radical (unpaired) electrons. The van der Waals surface area contributed by atoms with Crippen molar-refractivity contribution in [1.82, 2.24) is 5.32 Å². The molecule has 2 N–H and O–H groups in total. The first kappa shape index (κ1) is 14.3. The molecule has 1 aliphatic heterocycles. The molecule has 0 aromatic rings. The molecule has 2 unspecified atom stereocenters. The van der Waals surface area contributed by atoms with Gasteiger partial charge < -0.3 is 15.2 Å². The number of aliphatic hydroxyl groups is 1. The summed E-state index contributed by atoms with van der Waals surface area (Å²) in [6, 6.07) is 0.487. The average Bonchev–Trinajstić information content (AvgIpc) is 2.29. The summed E-state index contributed by atoms with van der Waals surface area (Å²) in [5, 5.41) is 13.5. The monoisotopic (exact) mass is 255 g/mol. The van der Waals surface area contributed by atoms with Crippen LogP contribution < -0.4 is 5.32 Å². The van der Waals surface area contributed by atoms with Crippen molar-refractivity contribution in [2.24, 2.45) is 0 Å². The van der Waals surface area contributed by atoms with Crippen LogP contribution in [0.25, 0.3) is 0 Å². The molecule has 1 spiro atoms. The van der Waals surface area contributed by atoms with E-state index in [0.29, 0.717) is 6.04 Å². The molecule has 1 aliphatic carbocycles. The fraction of sp³-hybridized carbons (Fsp3) is 1.00. The maximum Gasteiger partial charge on any atom is 0.0697 e. The maximum atomic E-state index is 9.82. The second-order valence-electron chi connectivity index (χ2n) is 6.82. The van der Waals surface area contributed by atoms with Gasteiger partial charge in [-0.2, -0.15) is 0 Å². The van der Waals surface area contributed by atoms with Gasteiger partial charge in [-0.3, -0.25) is 0 Å². The van der Waals surface area contributed by atoms with Crippen LogP contribution in [-0.4, -0.2) is 35.0 Å².